The third kappa shape index (κ3) is 2.72. The van der Waals surface area contributed by atoms with Crippen molar-refractivity contribution in [2.45, 2.75) is 50.0 Å². The van der Waals surface area contributed by atoms with E-state index in [0.717, 1.165) is 31.4 Å². The number of rotatable bonds is 1. The van der Waals surface area contributed by atoms with Crippen molar-refractivity contribution in [3.8, 4) is 11.5 Å². The molecule has 0 atom stereocenters. The fourth-order valence-corrected chi connectivity index (χ4v) is 3.69. The molecule has 2 aliphatic heterocycles. The van der Waals surface area contributed by atoms with Crippen LogP contribution in [-0.4, -0.2) is 29.8 Å². The summed E-state index contributed by atoms with van der Waals surface area (Å²) in [6.07, 6.45) is -5.55. The second-order valence-electron chi connectivity index (χ2n) is 6.69. The van der Waals surface area contributed by atoms with Crippen LogP contribution in [0.1, 0.15) is 32.1 Å². The van der Waals surface area contributed by atoms with E-state index >= 15 is 0 Å². The molecule has 0 unspecified atom stereocenters. The third-order valence-corrected chi connectivity index (χ3v) is 4.85. The maximum Gasteiger partial charge on any atom is 0.507 e. The number of benzene rings is 1. The van der Waals surface area contributed by atoms with Crippen LogP contribution in [0.25, 0.3) is 0 Å². The van der Waals surface area contributed by atoms with E-state index in [-0.39, 0.29) is 11.9 Å². The normalized spacial score (nSPS) is 25.0. The molecule has 146 valence electrons. The largest absolute Gasteiger partial charge is 0.507 e. The van der Waals surface area contributed by atoms with E-state index in [1.54, 1.807) is 4.90 Å². The third-order valence-electron chi connectivity index (χ3n) is 4.85. The molecule has 3 aliphatic rings. The molecule has 1 aromatic carbocycles. The zero-order valence-electron chi connectivity index (χ0n) is 14.1. The van der Waals surface area contributed by atoms with Gasteiger partial charge >= 0.3 is 12.2 Å². The fraction of sp³-hybridized carbons (Fsp3) is 0.500. The van der Waals surface area contributed by atoms with Gasteiger partial charge in [0.25, 0.3) is 0 Å². The van der Waals surface area contributed by atoms with Gasteiger partial charge in [0.2, 0.25) is 11.9 Å². The molecule has 1 aromatic rings. The van der Waals surface area contributed by atoms with Crippen molar-refractivity contribution < 1.29 is 27.0 Å². The van der Waals surface area contributed by atoms with Gasteiger partial charge in [-0.15, -0.1) is 0 Å². The summed E-state index contributed by atoms with van der Waals surface area (Å²) in [5.74, 6) is -0.944. The lowest BCUT2D eigenvalue weighted by atomic mass is 9.87. The van der Waals surface area contributed by atoms with E-state index in [1.807, 2.05) is 0 Å². The quantitative estimate of drug-likeness (QED) is 0.722. The number of ether oxygens (including phenoxy) is 2. The van der Waals surface area contributed by atoms with Gasteiger partial charge in [0.05, 0.1) is 5.69 Å². The van der Waals surface area contributed by atoms with Gasteiger partial charge < -0.3 is 20.9 Å². The highest BCUT2D eigenvalue weighted by Crippen LogP contribution is 2.49. The molecule has 11 heteroatoms. The van der Waals surface area contributed by atoms with Crippen LogP contribution in [0.4, 0.5) is 23.2 Å². The number of anilines is 1. The minimum atomic E-state index is -4.80. The van der Waals surface area contributed by atoms with Crippen molar-refractivity contribution in [1.82, 2.24) is 0 Å². The van der Waals surface area contributed by atoms with Gasteiger partial charge in [-0.2, -0.15) is 22.6 Å². The Morgan fingerprint density at radius 2 is 1.56 bits per heavy atom. The fourth-order valence-electron chi connectivity index (χ4n) is 3.69. The standard InChI is InChI=1S/C16H17F4N5O2/c17-15(18)16(19,20)27-11-8-9(4-5-10(11)26-15)25-13(22)23-12(21)24-14(25)6-2-1-3-7-14/h4-5,8H,1-3,6-7H2,(H4,21,22,23,24). The molecule has 0 amide bonds. The first kappa shape index (κ1) is 17.7. The first-order valence-electron chi connectivity index (χ1n) is 8.41. The average Bonchev–Trinajstić information content (AvgIpc) is 2.55. The average molecular weight is 387 g/mol. The summed E-state index contributed by atoms with van der Waals surface area (Å²) in [7, 11) is 0. The van der Waals surface area contributed by atoms with Crippen molar-refractivity contribution in [3.05, 3.63) is 18.2 Å². The van der Waals surface area contributed by atoms with Crippen molar-refractivity contribution in [1.29, 1.82) is 0 Å². The Morgan fingerprint density at radius 1 is 0.926 bits per heavy atom. The van der Waals surface area contributed by atoms with Crippen LogP contribution in [0.5, 0.6) is 11.5 Å². The summed E-state index contributed by atoms with van der Waals surface area (Å²) in [5.41, 5.74) is 11.3. The Labute approximate surface area is 151 Å². The summed E-state index contributed by atoms with van der Waals surface area (Å²) < 4.78 is 62.0. The molecule has 27 heavy (non-hydrogen) atoms. The highest BCUT2D eigenvalue weighted by molar-refractivity contribution is 6.05. The van der Waals surface area contributed by atoms with Crippen LogP contribution in [-0.2, 0) is 0 Å². The molecular weight excluding hydrogens is 370 g/mol. The molecule has 4 N–H and O–H groups in total. The summed E-state index contributed by atoms with van der Waals surface area (Å²) in [5, 5.41) is 0. The van der Waals surface area contributed by atoms with Crippen LogP contribution in [0, 0.1) is 0 Å². The molecule has 0 bridgehead atoms. The minimum Gasteiger partial charge on any atom is -0.421 e. The highest BCUT2D eigenvalue weighted by atomic mass is 19.3. The molecule has 4 rings (SSSR count). The molecule has 1 saturated carbocycles. The Balaban J connectivity index is 1.76. The first-order chi connectivity index (χ1) is 12.6. The molecule has 2 heterocycles. The molecule has 0 aromatic heterocycles. The van der Waals surface area contributed by atoms with Gasteiger partial charge in [-0.1, -0.05) is 6.42 Å². The number of fused-ring (bicyclic) bond motifs is 1. The predicted octanol–water partition coefficient (Wildman–Crippen LogP) is 2.75. The molecule has 1 fully saturated rings. The molecule has 7 nitrogen and oxygen atoms in total. The minimum absolute atomic E-state index is 0.0365. The van der Waals surface area contributed by atoms with Gasteiger partial charge in [-0.05, 0) is 37.8 Å². The summed E-state index contributed by atoms with van der Waals surface area (Å²) in [6.45, 7) is 0. The summed E-state index contributed by atoms with van der Waals surface area (Å²) in [6, 6.07) is 3.70. The number of guanidine groups is 2. The Morgan fingerprint density at radius 3 is 2.22 bits per heavy atom. The van der Waals surface area contributed by atoms with Crippen LogP contribution in [0.15, 0.2) is 28.2 Å². The zero-order valence-corrected chi connectivity index (χ0v) is 14.1. The zero-order chi connectivity index (χ0) is 19.4. The van der Waals surface area contributed by atoms with Crippen molar-refractivity contribution >= 4 is 17.6 Å². The predicted molar refractivity (Wildman–Crippen MR) is 89.1 cm³/mol. The maximum atomic E-state index is 13.5. The van der Waals surface area contributed by atoms with E-state index in [4.69, 9.17) is 11.5 Å². The van der Waals surface area contributed by atoms with Crippen LogP contribution in [0.2, 0.25) is 0 Å². The number of hydrogen-bond acceptors (Lipinski definition) is 7. The van der Waals surface area contributed by atoms with E-state index in [9.17, 15) is 17.6 Å². The van der Waals surface area contributed by atoms with Gasteiger partial charge in [0.1, 0.15) is 5.66 Å². The van der Waals surface area contributed by atoms with Crippen molar-refractivity contribution in [2.75, 3.05) is 4.90 Å². The monoisotopic (exact) mass is 387 g/mol. The molecule has 1 aliphatic carbocycles. The number of alkyl halides is 4. The lowest BCUT2D eigenvalue weighted by Crippen LogP contribution is -2.58. The van der Waals surface area contributed by atoms with E-state index in [2.05, 4.69) is 19.5 Å². The topological polar surface area (TPSA) is 98.5 Å². The molecule has 0 saturated heterocycles. The van der Waals surface area contributed by atoms with E-state index in [0.29, 0.717) is 18.5 Å². The second-order valence-corrected chi connectivity index (χ2v) is 6.69. The van der Waals surface area contributed by atoms with Gasteiger partial charge in [-0.25, -0.2) is 4.99 Å². The Bertz CT molecular complexity index is 836. The van der Waals surface area contributed by atoms with Crippen molar-refractivity contribution in [2.24, 2.45) is 21.5 Å². The SMILES string of the molecule is NC1=NC2(CCCCC2)N(c2ccc3c(c2)OC(F)(F)C(F)(F)O3)C(N)=N1. The smallest absolute Gasteiger partial charge is 0.421 e. The number of nitrogens with two attached hydrogens (primary N) is 2. The molecular formula is C16H17F4N5O2. The summed E-state index contributed by atoms with van der Waals surface area (Å²) in [4.78, 5) is 10.00. The molecule has 0 radical (unpaired) electrons. The van der Waals surface area contributed by atoms with Crippen LogP contribution < -0.4 is 25.8 Å². The lowest BCUT2D eigenvalue weighted by molar-refractivity contribution is -0.391. The van der Waals surface area contributed by atoms with Crippen LogP contribution >= 0.6 is 0 Å². The maximum absolute atomic E-state index is 13.5. The van der Waals surface area contributed by atoms with E-state index in [1.165, 1.54) is 6.07 Å². The summed E-state index contributed by atoms with van der Waals surface area (Å²) >= 11 is 0. The van der Waals surface area contributed by atoms with Gasteiger partial charge in [0.15, 0.2) is 11.5 Å². The number of aliphatic imine (C=N–C) groups is 2. The number of halogens is 4. The molecule has 1 spiro atoms. The van der Waals surface area contributed by atoms with Crippen LogP contribution in [0.3, 0.4) is 0 Å². The Hall–Kier alpha value is -2.72. The lowest BCUT2D eigenvalue weighted by Gasteiger charge is -2.45. The van der Waals surface area contributed by atoms with E-state index < -0.39 is 29.4 Å². The van der Waals surface area contributed by atoms with Gasteiger partial charge in [0, 0.05) is 6.07 Å². The number of nitrogens with zero attached hydrogens (tertiary/aromatic N) is 3. The Kier molecular flexibility index (Phi) is 3.69. The number of hydrogen-bond donors (Lipinski definition) is 2. The second kappa shape index (κ2) is 5.64. The van der Waals surface area contributed by atoms with Crippen molar-refractivity contribution in [3.63, 3.8) is 0 Å². The first-order valence-corrected chi connectivity index (χ1v) is 8.41. The van der Waals surface area contributed by atoms with Gasteiger partial charge in [-0.3, -0.25) is 4.90 Å². The highest BCUT2D eigenvalue weighted by Gasteiger charge is 2.66.